The molecule has 3 heteroatoms. The van der Waals surface area contributed by atoms with Crippen molar-refractivity contribution >= 4 is 26.7 Å². The van der Waals surface area contributed by atoms with Gasteiger partial charge in [-0.25, -0.2) is 0 Å². The lowest BCUT2D eigenvalue weighted by Gasteiger charge is -2.17. The maximum absolute atomic E-state index is 9.77. The number of fused-ring (bicyclic) bond motifs is 1. The van der Waals surface area contributed by atoms with Gasteiger partial charge in [-0.15, -0.1) is 0 Å². The van der Waals surface area contributed by atoms with Crippen molar-refractivity contribution in [1.29, 1.82) is 0 Å². The van der Waals surface area contributed by atoms with Gasteiger partial charge in [0.25, 0.3) is 0 Å². The molecule has 1 aliphatic rings. The van der Waals surface area contributed by atoms with E-state index >= 15 is 0 Å². The zero-order chi connectivity index (χ0) is 12.5. The Kier molecular flexibility index (Phi) is 3.27. The molecule has 0 bridgehead atoms. The predicted octanol–water partition coefficient (Wildman–Crippen LogP) is 3.89. The number of aliphatic hydroxyl groups is 1. The Morgan fingerprint density at radius 3 is 2.61 bits per heavy atom. The monoisotopic (exact) mass is 306 g/mol. The normalized spacial score (nSPS) is 23.4. The van der Waals surface area contributed by atoms with Gasteiger partial charge in [0.15, 0.2) is 0 Å². The number of hydrogen-bond acceptors (Lipinski definition) is 2. The van der Waals surface area contributed by atoms with E-state index in [0.29, 0.717) is 0 Å². The molecule has 1 N–H and O–H groups in total. The molecule has 1 fully saturated rings. The third kappa shape index (κ3) is 2.38. The molecule has 0 radical (unpaired) electrons. The van der Waals surface area contributed by atoms with Crippen LogP contribution in [0.25, 0.3) is 10.8 Å². The Bertz CT molecular complexity index is 567. The lowest BCUT2D eigenvalue weighted by atomic mass is 10.1. The van der Waals surface area contributed by atoms with Crippen molar-refractivity contribution in [3.63, 3.8) is 0 Å². The Labute approximate surface area is 115 Å². The van der Waals surface area contributed by atoms with E-state index in [1.54, 1.807) is 0 Å². The van der Waals surface area contributed by atoms with Crippen molar-refractivity contribution < 1.29 is 9.84 Å². The molecule has 2 aromatic rings. The molecule has 0 saturated heterocycles. The van der Waals surface area contributed by atoms with Crippen LogP contribution in [0.3, 0.4) is 0 Å². The fourth-order valence-electron chi connectivity index (χ4n) is 2.49. The van der Waals surface area contributed by atoms with Crippen LogP contribution in [0.4, 0.5) is 0 Å². The lowest BCUT2D eigenvalue weighted by molar-refractivity contribution is 0.0605. The minimum Gasteiger partial charge on any atom is -0.488 e. The number of benzene rings is 2. The SMILES string of the molecule is O[C@@H]1CCC[C@H]1Oc1ccc2cc(Br)ccc2c1. The first-order valence-electron chi connectivity index (χ1n) is 6.26. The van der Waals surface area contributed by atoms with Gasteiger partial charge in [0.2, 0.25) is 0 Å². The second-order valence-electron chi connectivity index (χ2n) is 4.81. The summed E-state index contributed by atoms with van der Waals surface area (Å²) in [6.07, 6.45) is 2.49. The van der Waals surface area contributed by atoms with E-state index in [1.165, 1.54) is 5.39 Å². The molecule has 1 aliphatic carbocycles. The summed E-state index contributed by atoms with van der Waals surface area (Å²) < 4.78 is 6.94. The van der Waals surface area contributed by atoms with E-state index in [4.69, 9.17) is 4.74 Å². The van der Waals surface area contributed by atoms with Gasteiger partial charge in [-0.1, -0.05) is 28.1 Å². The summed E-state index contributed by atoms with van der Waals surface area (Å²) in [6, 6.07) is 12.2. The zero-order valence-corrected chi connectivity index (χ0v) is 11.6. The number of halogens is 1. The summed E-state index contributed by atoms with van der Waals surface area (Å²) in [7, 11) is 0. The topological polar surface area (TPSA) is 29.5 Å². The number of rotatable bonds is 2. The molecular formula is C15H15BrO2. The molecule has 0 unspecified atom stereocenters. The minimum atomic E-state index is -0.314. The van der Waals surface area contributed by atoms with Crippen molar-refractivity contribution in [1.82, 2.24) is 0 Å². The highest BCUT2D eigenvalue weighted by Gasteiger charge is 2.26. The van der Waals surface area contributed by atoms with Gasteiger partial charge in [0.05, 0.1) is 6.10 Å². The molecule has 18 heavy (non-hydrogen) atoms. The second-order valence-corrected chi connectivity index (χ2v) is 5.72. The third-order valence-electron chi connectivity index (χ3n) is 3.48. The van der Waals surface area contributed by atoms with Gasteiger partial charge in [0.1, 0.15) is 11.9 Å². The van der Waals surface area contributed by atoms with Gasteiger partial charge in [0, 0.05) is 4.47 Å². The highest BCUT2D eigenvalue weighted by Crippen LogP contribution is 2.28. The zero-order valence-electron chi connectivity index (χ0n) is 9.97. The van der Waals surface area contributed by atoms with Crippen molar-refractivity contribution in [2.45, 2.75) is 31.5 Å². The molecule has 1 saturated carbocycles. The standard InChI is InChI=1S/C15H15BrO2/c16-12-6-4-11-9-13(7-5-10(11)8-12)18-15-3-1-2-14(15)17/h4-9,14-15,17H,1-3H2/t14-,15-/m1/s1. The first-order valence-corrected chi connectivity index (χ1v) is 7.06. The number of hydrogen-bond donors (Lipinski definition) is 1. The van der Waals surface area contributed by atoms with Gasteiger partial charge >= 0.3 is 0 Å². The molecule has 3 rings (SSSR count). The molecular weight excluding hydrogens is 292 g/mol. The van der Waals surface area contributed by atoms with Crippen molar-refractivity contribution in [2.75, 3.05) is 0 Å². The smallest absolute Gasteiger partial charge is 0.124 e. The highest BCUT2D eigenvalue weighted by atomic mass is 79.9. The molecule has 2 atom stereocenters. The molecule has 0 amide bonds. The van der Waals surface area contributed by atoms with Gasteiger partial charge < -0.3 is 9.84 Å². The molecule has 2 nitrogen and oxygen atoms in total. The molecule has 94 valence electrons. The minimum absolute atomic E-state index is 0.0436. The van der Waals surface area contributed by atoms with Crippen LogP contribution < -0.4 is 4.74 Å². The fourth-order valence-corrected chi connectivity index (χ4v) is 2.87. The molecule has 0 spiro atoms. The van der Waals surface area contributed by atoms with Gasteiger partial charge in [-0.05, 0) is 54.3 Å². The lowest BCUT2D eigenvalue weighted by Crippen LogP contribution is -2.25. The van der Waals surface area contributed by atoms with Crippen LogP contribution in [-0.4, -0.2) is 17.3 Å². The van der Waals surface area contributed by atoms with Crippen LogP contribution in [0.1, 0.15) is 19.3 Å². The fraction of sp³-hybridized carbons (Fsp3) is 0.333. The van der Waals surface area contributed by atoms with E-state index in [0.717, 1.165) is 34.9 Å². The number of ether oxygens (including phenoxy) is 1. The maximum atomic E-state index is 9.77. The summed E-state index contributed by atoms with van der Waals surface area (Å²) in [6.45, 7) is 0. The van der Waals surface area contributed by atoms with E-state index in [2.05, 4.69) is 34.1 Å². The van der Waals surface area contributed by atoms with Crippen molar-refractivity contribution in [3.05, 3.63) is 40.9 Å². The molecule has 0 aliphatic heterocycles. The summed E-state index contributed by atoms with van der Waals surface area (Å²) >= 11 is 3.47. The largest absolute Gasteiger partial charge is 0.488 e. The Balaban J connectivity index is 1.86. The van der Waals surface area contributed by atoms with E-state index in [1.807, 2.05) is 18.2 Å². The van der Waals surface area contributed by atoms with Crippen LogP contribution >= 0.6 is 15.9 Å². The number of aliphatic hydroxyl groups excluding tert-OH is 1. The van der Waals surface area contributed by atoms with Crippen LogP contribution in [0.5, 0.6) is 5.75 Å². The Morgan fingerprint density at radius 1 is 1.06 bits per heavy atom. The van der Waals surface area contributed by atoms with Gasteiger partial charge in [-0.2, -0.15) is 0 Å². The molecule has 2 aromatic carbocycles. The summed E-state index contributed by atoms with van der Waals surface area (Å²) in [5.74, 6) is 0.843. The first kappa shape index (κ1) is 12.0. The average Bonchev–Trinajstić information content (AvgIpc) is 2.75. The van der Waals surface area contributed by atoms with Gasteiger partial charge in [-0.3, -0.25) is 0 Å². The van der Waals surface area contributed by atoms with Crippen molar-refractivity contribution in [3.8, 4) is 5.75 Å². The van der Waals surface area contributed by atoms with Crippen LogP contribution in [0.15, 0.2) is 40.9 Å². The summed E-state index contributed by atoms with van der Waals surface area (Å²) in [5, 5.41) is 12.1. The van der Waals surface area contributed by atoms with E-state index < -0.39 is 0 Å². The average molecular weight is 307 g/mol. The van der Waals surface area contributed by atoms with E-state index in [-0.39, 0.29) is 12.2 Å². The Morgan fingerprint density at radius 2 is 1.83 bits per heavy atom. The van der Waals surface area contributed by atoms with Crippen molar-refractivity contribution in [2.24, 2.45) is 0 Å². The van der Waals surface area contributed by atoms with E-state index in [9.17, 15) is 5.11 Å². The summed E-state index contributed by atoms with van der Waals surface area (Å²) in [4.78, 5) is 0. The van der Waals surface area contributed by atoms with Crippen LogP contribution in [0.2, 0.25) is 0 Å². The third-order valence-corrected chi connectivity index (χ3v) is 3.97. The maximum Gasteiger partial charge on any atom is 0.124 e. The molecule has 0 aromatic heterocycles. The van der Waals surface area contributed by atoms with Crippen LogP contribution in [-0.2, 0) is 0 Å². The second kappa shape index (κ2) is 4.90. The quantitative estimate of drug-likeness (QED) is 0.912. The molecule has 0 heterocycles. The Hall–Kier alpha value is -1.06. The predicted molar refractivity (Wildman–Crippen MR) is 75.9 cm³/mol. The van der Waals surface area contributed by atoms with Crippen LogP contribution in [0, 0.1) is 0 Å². The first-order chi connectivity index (χ1) is 8.72. The highest BCUT2D eigenvalue weighted by molar-refractivity contribution is 9.10. The summed E-state index contributed by atoms with van der Waals surface area (Å²) in [5.41, 5.74) is 0.